The second-order valence-electron chi connectivity index (χ2n) is 4.47. The summed E-state index contributed by atoms with van der Waals surface area (Å²) in [5.74, 6) is 0. The molecule has 0 aromatic heterocycles. The number of amides is 2. The number of nitrogens with two attached hydrogens (primary N) is 1. The molecular formula is C10H19N3OS. The van der Waals surface area contributed by atoms with Crippen molar-refractivity contribution in [3.8, 4) is 0 Å². The highest BCUT2D eigenvalue weighted by Gasteiger charge is 2.26. The Morgan fingerprint density at radius 2 is 1.87 bits per heavy atom. The average Bonchev–Trinajstić information content (AvgIpc) is 2.18. The van der Waals surface area contributed by atoms with E-state index < -0.39 is 5.54 Å². The topological polar surface area (TPSA) is 58.4 Å². The quantitative estimate of drug-likeness (QED) is 0.701. The summed E-state index contributed by atoms with van der Waals surface area (Å²) < 4.78 is 0. The predicted octanol–water partition coefficient (Wildman–Crippen LogP) is 1.25. The molecule has 0 bridgehead atoms. The highest BCUT2D eigenvalue weighted by molar-refractivity contribution is 7.80. The third-order valence-electron chi connectivity index (χ3n) is 2.68. The lowest BCUT2D eigenvalue weighted by Gasteiger charge is -2.32. The smallest absolute Gasteiger partial charge is 0.318 e. The van der Waals surface area contributed by atoms with Gasteiger partial charge in [0.1, 0.15) is 0 Å². The molecule has 5 heteroatoms. The normalized spacial score (nSPS) is 17.3. The van der Waals surface area contributed by atoms with Crippen LogP contribution in [0.5, 0.6) is 0 Å². The number of carbonyl (C=O) groups excluding carboxylic acids is 1. The van der Waals surface area contributed by atoms with Crippen LogP contribution in [-0.2, 0) is 0 Å². The molecule has 86 valence electrons. The van der Waals surface area contributed by atoms with Crippen LogP contribution in [0.25, 0.3) is 0 Å². The number of hydrogen-bond donors (Lipinski definition) is 2. The van der Waals surface area contributed by atoms with Gasteiger partial charge in [-0.05, 0) is 33.1 Å². The molecule has 0 aromatic rings. The highest BCUT2D eigenvalue weighted by atomic mass is 32.1. The van der Waals surface area contributed by atoms with Crippen LogP contribution in [-0.4, -0.2) is 34.5 Å². The van der Waals surface area contributed by atoms with Gasteiger partial charge in [-0.3, -0.25) is 0 Å². The van der Waals surface area contributed by atoms with Gasteiger partial charge in [0.15, 0.2) is 0 Å². The second-order valence-corrected chi connectivity index (χ2v) is 4.91. The van der Waals surface area contributed by atoms with Gasteiger partial charge in [-0.1, -0.05) is 12.2 Å². The van der Waals surface area contributed by atoms with Crippen LogP contribution in [0.1, 0.15) is 33.1 Å². The van der Waals surface area contributed by atoms with Crippen molar-refractivity contribution < 1.29 is 4.79 Å². The molecule has 0 spiro atoms. The third kappa shape index (κ3) is 3.34. The molecule has 1 heterocycles. The average molecular weight is 229 g/mol. The van der Waals surface area contributed by atoms with E-state index in [1.807, 2.05) is 18.7 Å². The molecule has 15 heavy (non-hydrogen) atoms. The zero-order valence-corrected chi connectivity index (χ0v) is 10.2. The van der Waals surface area contributed by atoms with E-state index in [1.165, 1.54) is 6.42 Å². The van der Waals surface area contributed by atoms with Crippen molar-refractivity contribution >= 4 is 23.2 Å². The van der Waals surface area contributed by atoms with Gasteiger partial charge < -0.3 is 16.0 Å². The number of thiocarbonyl (C=S) groups is 1. The summed E-state index contributed by atoms with van der Waals surface area (Å²) in [7, 11) is 0. The van der Waals surface area contributed by atoms with Crippen LogP contribution in [0.3, 0.4) is 0 Å². The minimum Gasteiger partial charge on any atom is -0.391 e. The molecule has 2 amide bonds. The first kappa shape index (κ1) is 12.2. The van der Waals surface area contributed by atoms with Gasteiger partial charge >= 0.3 is 6.03 Å². The Hall–Kier alpha value is -0.840. The van der Waals surface area contributed by atoms with Crippen molar-refractivity contribution in [2.45, 2.75) is 38.6 Å². The number of hydrogen-bond acceptors (Lipinski definition) is 2. The van der Waals surface area contributed by atoms with E-state index in [0.717, 1.165) is 25.9 Å². The highest BCUT2D eigenvalue weighted by Crippen LogP contribution is 2.10. The van der Waals surface area contributed by atoms with Crippen molar-refractivity contribution in [1.29, 1.82) is 0 Å². The molecule has 1 aliphatic rings. The van der Waals surface area contributed by atoms with Crippen molar-refractivity contribution in [3.63, 3.8) is 0 Å². The Labute approximate surface area is 96.2 Å². The molecule has 1 aliphatic heterocycles. The first-order valence-corrected chi connectivity index (χ1v) is 5.71. The fraction of sp³-hybridized carbons (Fsp3) is 0.800. The van der Waals surface area contributed by atoms with Crippen molar-refractivity contribution in [1.82, 2.24) is 10.2 Å². The predicted molar refractivity (Wildman–Crippen MR) is 64.8 cm³/mol. The van der Waals surface area contributed by atoms with E-state index in [1.54, 1.807) is 0 Å². The van der Waals surface area contributed by atoms with E-state index in [2.05, 4.69) is 5.32 Å². The van der Waals surface area contributed by atoms with Gasteiger partial charge in [-0.15, -0.1) is 0 Å². The van der Waals surface area contributed by atoms with Crippen LogP contribution in [0.2, 0.25) is 0 Å². The Morgan fingerprint density at radius 3 is 2.33 bits per heavy atom. The maximum Gasteiger partial charge on any atom is 0.318 e. The minimum absolute atomic E-state index is 0.0625. The van der Waals surface area contributed by atoms with Gasteiger partial charge in [-0.25, -0.2) is 4.79 Å². The van der Waals surface area contributed by atoms with Crippen LogP contribution in [0.4, 0.5) is 4.79 Å². The van der Waals surface area contributed by atoms with Gasteiger partial charge in [0.25, 0.3) is 0 Å². The fourth-order valence-electron chi connectivity index (χ4n) is 1.50. The van der Waals surface area contributed by atoms with Crippen molar-refractivity contribution in [2.75, 3.05) is 13.1 Å². The van der Waals surface area contributed by atoms with Crippen molar-refractivity contribution in [2.24, 2.45) is 5.73 Å². The lowest BCUT2D eigenvalue weighted by Crippen LogP contribution is -2.56. The fourth-order valence-corrected chi connectivity index (χ4v) is 1.56. The molecule has 1 fully saturated rings. The van der Waals surface area contributed by atoms with Crippen LogP contribution < -0.4 is 11.1 Å². The lowest BCUT2D eigenvalue weighted by atomic mass is 10.1. The summed E-state index contributed by atoms with van der Waals surface area (Å²) >= 11 is 4.90. The molecule has 0 aliphatic carbocycles. The number of carbonyl (C=O) groups is 1. The van der Waals surface area contributed by atoms with Gasteiger partial charge in [0.05, 0.1) is 10.5 Å². The van der Waals surface area contributed by atoms with Crippen LogP contribution in [0.15, 0.2) is 0 Å². The number of likely N-dealkylation sites (tertiary alicyclic amines) is 1. The molecule has 0 atom stereocenters. The summed E-state index contributed by atoms with van der Waals surface area (Å²) in [6.45, 7) is 5.30. The monoisotopic (exact) mass is 229 g/mol. The zero-order chi connectivity index (χ0) is 11.5. The van der Waals surface area contributed by atoms with Crippen LogP contribution in [0, 0.1) is 0 Å². The number of rotatable bonds is 2. The number of piperidine rings is 1. The molecule has 0 unspecified atom stereocenters. The minimum atomic E-state index is -0.607. The van der Waals surface area contributed by atoms with Crippen LogP contribution >= 0.6 is 12.2 Å². The maximum atomic E-state index is 11.8. The third-order valence-corrected chi connectivity index (χ3v) is 3.19. The first-order valence-electron chi connectivity index (χ1n) is 5.30. The lowest BCUT2D eigenvalue weighted by molar-refractivity contribution is 0.181. The van der Waals surface area contributed by atoms with E-state index in [9.17, 15) is 4.79 Å². The van der Waals surface area contributed by atoms with E-state index >= 15 is 0 Å². The Bertz CT molecular complexity index is 259. The Kier molecular flexibility index (Phi) is 3.90. The standard InChI is InChI=1S/C10H19N3OS/c1-10(2,8(11)15)12-9(14)13-6-4-3-5-7-13/h3-7H2,1-2H3,(H2,11,15)(H,12,14). The first-order chi connectivity index (χ1) is 6.93. The Morgan fingerprint density at radius 1 is 1.33 bits per heavy atom. The molecule has 1 saturated heterocycles. The SMILES string of the molecule is CC(C)(NC(=O)N1CCCCC1)C(N)=S. The zero-order valence-electron chi connectivity index (χ0n) is 9.38. The molecule has 1 rings (SSSR count). The van der Waals surface area contributed by atoms with E-state index in [0.29, 0.717) is 4.99 Å². The summed E-state index contributed by atoms with van der Waals surface area (Å²) in [6, 6.07) is -0.0625. The molecule has 3 N–H and O–H groups in total. The van der Waals surface area contributed by atoms with Gasteiger partial charge in [-0.2, -0.15) is 0 Å². The number of nitrogens with one attached hydrogen (secondary N) is 1. The second kappa shape index (κ2) is 4.79. The van der Waals surface area contributed by atoms with E-state index in [-0.39, 0.29) is 6.03 Å². The molecule has 0 saturated carbocycles. The largest absolute Gasteiger partial charge is 0.391 e. The van der Waals surface area contributed by atoms with Gasteiger partial charge in [0.2, 0.25) is 0 Å². The summed E-state index contributed by atoms with van der Waals surface area (Å²) in [5, 5.41) is 2.85. The summed E-state index contributed by atoms with van der Waals surface area (Å²) in [4.78, 5) is 14.0. The number of urea groups is 1. The maximum absolute atomic E-state index is 11.8. The Balaban J connectivity index is 2.50. The molecular weight excluding hydrogens is 210 g/mol. The summed E-state index contributed by atoms with van der Waals surface area (Å²) in [5.41, 5.74) is 4.94. The number of nitrogens with zero attached hydrogens (tertiary/aromatic N) is 1. The molecule has 4 nitrogen and oxygen atoms in total. The van der Waals surface area contributed by atoms with E-state index in [4.69, 9.17) is 18.0 Å². The summed E-state index contributed by atoms with van der Waals surface area (Å²) in [6.07, 6.45) is 3.38. The molecule has 0 aromatic carbocycles. The van der Waals surface area contributed by atoms with Gasteiger partial charge in [0, 0.05) is 13.1 Å². The van der Waals surface area contributed by atoms with Crippen molar-refractivity contribution in [3.05, 3.63) is 0 Å². The molecule has 0 radical (unpaired) electrons.